The molecule has 34 N–H and O–H groups in total. The van der Waals surface area contributed by atoms with Gasteiger partial charge in [-0.3, -0.25) is 4.79 Å². The van der Waals surface area contributed by atoms with E-state index < -0.39 is 312 Å². The van der Waals surface area contributed by atoms with Gasteiger partial charge in [0.25, 0.3) is 0 Å². The Hall–Kier alpha value is -7.44. The van der Waals surface area contributed by atoms with Crippen LogP contribution in [0.4, 0.5) is 0 Å². The van der Waals surface area contributed by atoms with Crippen molar-refractivity contribution < 1.29 is 297 Å². The first-order valence-electron chi connectivity index (χ1n) is 36.8. The van der Waals surface area contributed by atoms with E-state index in [9.17, 15) is 150 Å². The predicted octanol–water partition coefficient (Wildman–Crippen LogP) is -17.6. The van der Waals surface area contributed by atoms with Crippen molar-refractivity contribution in [1.29, 1.82) is 0 Å². The molecule has 126 heavy (non-hydrogen) atoms. The summed E-state index contributed by atoms with van der Waals surface area (Å²) in [6.45, 7) is 9.95. The number of aliphatic hydroxyl groups is 24. The molecule has 0 saturated carbocycles. The normalized spacial score (nSPS) is 37.2. The smallest absolute Gasteiger partial charge is 0.373 e. The number of carbonyl (C=O) groups is 10. The second-order valence-electron chi connectivity index (χ2n) is 27.6. The highest BCUT2D eigenvalue weighted by Crippen LogP contribution is 2.31. The number of hydrogen-bond donors (Lipinski definition) is 34. The summed E-state index contributed by atoms with van der Waals surface area (Å²) < 4.78 is 68.4. The first kappa shape index (κ1) is 119. The first-order chi connectivity index (χ1) is 58.3. The minimum absolute atomic E-state index is 0.0182. The third kappa shape index (κ3) is 36.1. The standard InChI is InChI=1S/C10H14O11.2C10H16O9.3C9H16O8.C8H16O5.CO2/c11-3(12)1-2(8(16)17)20-10-6(15)4(13)5(14)7(21-10)9(18)19;2*1-2-3(8(14)15)18-10-6(13)4(11)5(12)7(19-10)9(16)17;3*1-3(2-10)16-9-6(13)4(11)5(12)7(17-9)8(14)15;1-4(2)13-8-7(11)6(10)5(9)3-12-8;2-1-3/h2,4-7,10,13-15H,1H2,(H,11,12)(H,16,17)(H,18,19);2*3-7,10-13H,2H2,1H3,(H,14,15)(H,16,17);3*3-7,9-13H,2H2,1H3,(H,14,15);4-11H,3H2,1-2H3;/t2?,4-,5-,6?,7?,10?;3?,4-,5+,6?,7?,10?;3?,4-,5-,6?,7?,10?;3?,4-,5+,6?,7?,9?;2*3?,4-,5-,6?,7?,9?;5-,6-,7?,8+;/m0000000./s1. The predicted molar refractivity (Wildman–Crippen MR) is 378 cm³/mol. The van der Waals surface area contributed by atoms with E-state index in [-0.39, 0.29) is 51.5 Å². The molecule has 734 valence electrons. The summed E-state index contributed by atoms with van der Waals surface area (Å²) in [4.78, 5) is 124. The van der Waals surface area contributed by atoms with Gasteiger partial charge in [0, 0.05) is 0 Å². The number of aliphatic hydroxyl groups excluding tert-OH is 24. The highest BCUT2D eigenvalue weighted by atomic mass is 16.8. The quantitative estimate of drug-likeness (QED) is 0.0318. The molecule has 40 atom stereocenters. The molecule has 7 saturated heterocycles. The van der Waals surface area contributed by atoms with Crippen molar-refractivity contribution >= 4 is 65.8 Å². The van der Waals surface area contributed by atoms with Crippen molar-refractivity contribution in [2.75, 3.05) is 26.4 Å². The fourth-order valence-electron chi connectivity index (χ4n) is 10.5. The molecule has 7 rings (SSSR count). The lowest BCUT2D eigenvalue weighted by atomic mass is 9.99. The molecule has 0 amide bonds. The van der Waals surface area contributed by atoms with Crippen molar-refractivity contribution in [2.45, 2.75) is 319 Å². The topological polar surface area (TPSA) is 1020 Å². The van der Waals surface area contributed by atoms with Gasteiger partial charge in [-0.2, -0.15) is 9.59 Å². The minimum Gasteiger partial charge on any atom is -0.481 e. The van der Waals surface area contributed by atoms with Crippen LogP contribution in [-0.4, -0.2) is 517 Å². The van der Waals surface area contributed by atoms with Gasteiger partial charge in [-0.1, -0.05) is 13.8 Å². The van der Waals surface area contributed by atoms with Crippen molar-refractivity contribution in [2.24, 2.45) is 0 Å². The molecule has 0 radical (unpaired) electrons. The Morgan fingerprint density at radius 3 is 0.643 bits per heavy atom. The zero-order valence-electron chi connectivity index (χ0n) is 66.9. The summed E-state index contributed by atoms with van der Waals surface area (Å²) in [6.07, 6.45) is -63.6. The molecular weight excluding hydrogens is 1750 g/mol. The van der Waals surface area contributed by atoms with E-state index in [1.54, 1.807) is 13.8 Å². The van der Waals surface area contributed by atoms with Crippen LogP contribution in [0.2, 0.25) is 0 Å². The van der Waals surface area contributed by atoms with Gasteiger partial charge < -0.3 is 240 Å². The molecule has 7 aliphatic rings. The van der Waals surface area contributed by atoms with Crippen molar-refractivity contribution in [3.05, 3.63) is 0 Å². The van der Waals surface area contributed by atoms with E-state index in [4.69, 9.17) is 138 Å². The maximum atomic E-state index is 10.8. The fraction of sp³-hybridized carbons (Fsp3) is 0.833. The lowest BCUT2D eigenvalue weighted by Gasteiger charge is -2.39. The highest BCUT2D eigenvalue weighted by molar-refractivity contribution is 5.80. The zero-order chi connectivity index (χ0) is 98.0. The number of aliphatic carboxylic acids is 10. The first-order valence-corrected chi connectivity index (χ1v) is 36.8. The van der Waals surface area contributed by atoms with Crippen LogP contribution in [0, 0.1) is 0 Å². The number of ether oxygens (including phenoxy) is 14. The van der Waals surface area contributed by atoms with Gasteiger partial charge in [0.05, 0.1) is 57.3 Å². The van der Waals surface area contributed by atoms with Gasteiger partial charge in [-0.05, 0) is 47.5 Å². The van der Waals surface area contributed by atoms with E-state index in [2.05, 4.69) is 9.47 Å². The van der Waals surface area contributed by atoms with Crippen molar-refractivity contribution in [1.82, 2.24) is 0 Å². The van der Waals surface area contributed by atoms with Crippen LogP contribution in [0.3, 0.4) is 0 Å². The Balaban J connectivity index is 0.00000144. The van der Waals surface area contributed by atoms with Crippen LogP contribution in [-0.2, 0) is 124 Å². The van der Waals surface area contributed by atoms with Gasteiger partial charge in [0.2, 0.25) is 0 Å². The second kappa shape index (κ2) is 56.9. The Bertz CT molecular complexity index is 3120. The molecule has 60 nitrogen and oxygen atoms in total. The van der Waals surface area contributed by atoms with Crippen LogP contribution in [0.25, 0.3) is 0 Å². The molecule has 7 fully saturated rings. The Morgan fingerprint density at radius 2 is 0.476 bits per heavy atom. The zero-order valence-corrected chi connectivity index (χ0v) is 66.9. The minimum atomic E-state index is -1.97. The van der Waals surface area contributed by atoms with Crippen molar-refractivity contribution in [3.8, 4) is 0 Å². The van der Waals surface area contributed by atoms with Gasteiger partial charge in [-0.25, -0.2) is 43.2 Å². The van der Waals surface area contributed by atoms with E-state index >= 15 is 0 Å². The van der Waals surface area contributed by atoms with Gasteiger partial charge in [0.1, 0.15) is 128 Å². The summed E-state index contributed by atoms with van der Waals surface area (Å²) in [6, 6.07) is 0. The largest absolute Gasteiger partial charge is 0.481 e. The Labute approximate surface area is 707 Å². The molecule has 7 aliphatic heterocycles. The third-order valence-electron chi connectivity index (χ3n) is 17.4. The average Bonchev–Trinajstić information content (AvgIpc) is 0.820. The number of carboxylic acids is 10. The molecule has 0 bridgehead atoms. The van der Waals surface area contributed by atoms with E-state index in [0.29, 0.717) is 0 Å². The van der Waals surface area contributed by atoms with E-state index in [1.165, 1.54) is 34.6 Å². The van der Waals surface area contributed by atoms with E-state index in [0.717, 1.165) is 0 Å². The Kier molecular flexibility index (Phi) is 53.5. The van der Waals surface area contributed by atoms with Gasteiger partial charge in [-0.15, -0.1) is 0 Å². The van der Waals surface area contributed by atoms with Crippen LogP contribution >= 0.6 is 0 Å². The molecule has 60 heteroatoms. The SMILES string of the molecule is CC(C)O[C@H]1OC[C@H](O)[C@H](O)C1O.CC(CO)OC1OC(C(=O)O)[C@@H](O)[C@H](O)C1O.CC(CO)OC1OC(C(=O)O)[C@@H](O)[C@H](O)C1O.CC(CO)OC1OC(C(=O)O)[C@H](O)[C@H](O)C1O.CCC(OC1OC(C(=O)O)[C@@H](O)[C@H](O)C1O)C(=O)O.CCC(OC1OC(C(=O)O)[C@H](O)[C@H](O)C1O)C(=O)O.O=C(O)CC(OC1OC(C(=O)O)[C@@H](O)[C@H](O)C1O)C(=O)O.O=C=O. The van der Waals surface area contributed by atoms with Crippen LogP contribution in [0.1, 0.15) is 67.7 Å². The average molecular weight is 1860 g/mol. The number of carboxylic acid groups (broad SMARTS) is 10. The van der Waals surface area contributed by atoms with E-state index in [1.807, 2.05) is 0 Å². The lowest BCUT2D eigenvalue weighted by Crippen LogP contribution is -2.61. The van der Waals surface area contributed by atoms with Crippen molar-refractivity contribution in [3.63, 3.8) is 0 Å². The molecule has 0 spiro atoms. The molecule has 0 aliphatic carbocycles. The number of carbonyl (C=O) groups excluding carboxylic acids is 2. The summed E-state index contributed by atoms with van der Waals surface area (Å²) >= 11 is 0. The summed E-state index contributed by atoms with van der Waals surface area (Å²) in [7, 11) is 0. The summed E-state index contributed by atoms with van der Waals surface area (Å²) in [5, 5.41) is 312. The lowest BCUT2D eigenvalue weighted by molar-refractivity contribution is -0.304. The molecular formula is C66H110O60. The molecule has 0 aromatic heterocycles. The maximum Gasteiger partial charge on any atom is 0.373 e. The molecule has 25 unspecified atom stereocenters. The third-order valence-corrected chi connectivity index (χ3v) is 17.4. The number of rotatable bonds is 30. The van der Waals surface area contributed by atoms with Gasteiger partial charge in [0.15, 0.2) is 99.0 Å². The highest BCUT2D eigenvalue weighted by Gasteiger charge is 2.55. The van der Waals surface area contributed by atoms with Crippen LogP contribution in [0.5, 0.6) is 0 Å². The number of hydrogen-bond acceptors (Lipinski definition) is 50. The monoisotopic (exact) mass is 1860 g/mol. The fourth-order valence-corrected chi connectivity index (χ4v) is 10.5. The van der Waals surface area contributed by atoms with Crippen LogP contribution < -0.4 is 0 Å². The molecule has 0 aromatic rings. The Morgan fingerprint density at radius 1 is 0.286 bits per heavy atom. The molecule has 7 heterocycles. The second-order valence-corrected chi connectivity index (χ2v) is 27.6. The summed E-state index contributed by atoms with van der Waals surface area (Å²) in [5.41, 5.74) is 0. The molecule has 0 aromatic carbocycles. The van der Waals surface area contributed by atoms with Crippen LogP contribution in [0.15, 0.2) is 0 Å². The maximum absolute atomic E-state index is 10.8. The van der Waals surface area contributed by atoms with Gasteiger partial charge >= 0.3 is 65.8 Å². The summed E-state index contributed by atoms with van der Waals surface area (Å²) in [5.74, 6) is -15.0.